The zero-order valence-electron chi connectivity index (χ0n) is 18.5. The highest BCUT2D eigenvalue weighted by atomic mass is 32.1. The quantitative estimate of drug-likeness (QED) is 0.530. The van der Waals surface area contributed by atoms with Crippen LogP contribution in [0, 0.1) is 12.8 Å². The van der Waals surface area contributed by atoms with E-state index >= 15 is 0 Å². The van der Waals surface area contributed by atoms with E-state index in [0.717, 1.165) is 37.1 Å². The highest BCUT2D eigenvalue weighted by molar-refractivity contribution is 7.19. The van der Waals surface area contributed by atoms with Gasteiger partial charge in [0.1, 0.15) is 0 Å². The Morgan fingerprint density at radius 1 is 1.17 bits per heavy atom. The summed E-state index contributed by atoms with van der Waals surface area (Å²) < 4.78 is 7.67. The molecule has 0 amide bonds. The molecule has 0 spiro atoms. The van der Waals surface area contributed by atoms with E-state index in [0.29, 0.717) is 6.42 Å². The largest absolute Gasteiger partial charge is 0.385 e. The third-order valence-corrected chi connectivity index (χ3v) is 7.91. The highest BCUT2D eigenvalue weighted by Crippen LogP contribution is 2.46. The molecular weight excluding hydrogens is 390 g/mol. The van der Waals surface area contributed by atoms with Crippen LogP contribution in [0.25, 0.3) is 10.1 Å². The number of hydrogen-bond donors (Lipinski definition) is 1. The molecule has 1 N–H and O–H groups in total. The summed E-state index contributed by atoms with van der Waals surface area (Å²) in [4.78, 5) is 3.55. The molecule has 4 rings (SSSR count). The van der Waals surface area contributed by atoms with Crippen molar-refractivity contribution in [3.63, 3.8) is 0 Å². The van der Waals surface area contributed by atoms with Gasteiger partial charge in [0.05, 0.1) is 18.3 Å². The summed E-state index contributed by atoms with van der Waals surface area (Å²) in [7, 11) is 4.18. The number of aliphatic hydroxyl groups is 1. The molecule has 2 heterocycles. The SMILES string of the molecule is CCC(O)(c1ccccc1C)C(CC1OCCc2c1sc1ccccc21)CN(C)C. The Balaban J connectivity index is 1.72. The lowest BCUT2D eigenvalue weighted by Gasteiger charge is -2.40. The minimum absolute atomic E-state index is 0.0400. The average Bonchev–Trinajstić information content (AvgIpc) is 3.12. The van der Waals surface area contributed by atoms with E-state index in [1.165, 1.54) is 20.5 Å². The van der Waals surface area contributed by atoms with E-state index < -0.39 is 5.60 Å². The van der Waals surface area contributed by atoms with Crippen molar-refractivity contribution in [2.75, 3.05) is 27.2 Å². The summed E-state index contributed by atoms with van der Waals surface area (Å²) in [5.74, 6) is 0.0692. The van der Waals surface area contributed by atoms with Gasteiger partial charge in [-0.2, -0.15) is 0 Å². The van der Waals surface area contributed by atoms with Gasteiger partial charge >= 0.3 is 0 Å². The van der Waals surface area contributed by atoms with Gasteiger partial charge in [-0.25, -0.2) is 0 Å². The standard InChI is InChI=1S/C26H33NO2S/c1-5-26(28,22-12-8-6-10-18(22)2)19(17-27(3)4)16-23-25-21(14-15-29-23)20-11-7-9-13-24(20)30-25/h6-13,19,23,28H,5,14-17H2,1-4H3. The van der Waals surface area contributed by atoms with Gasteiger partial charge in [0, 0.05) is 22.0 Å². The van der Waals surface area contributed by atoms with Crippen molar-refractivity contribution in [1.29, 1.82) is 0 Å². The lowest BCUT2D eigenvalue weighted by atomic mass is 9.74. The van der Waals surface area contributed by atoms with Crippen molar-refractivity contribution >= 4 is 21.4 Å². The predicted octanol–water partition coefficient (Wildman–Crippen LogP) is 5.69. The molecule has 0 saturated heterocycles. The second-order valence-corrected chi connectivity index (χ2v) is 9.92. The Labute approximate surface area is 184 Å². The van der Waals surface area contributed by atoms with Crippen molar-refractivity contribution in [3.8, 4) is 0 Å². The van der Waals surface area contributed by atoms with Crippen LogP contribution in [0.2, 0.25) is 0 Å². The molecule has 3 unspecified atom stereocenters. The van der Waals surface area contributed by atoms with Crippen LogP contribution in [0.3, 0.4) is 0 Å². The van der Waals surface area contributed by atoms with Crippen LogP contribution < -0.4 is 0 Å². The monoisotopic (exact) mass is 423 g/mol. The summed E-state index contributed by atoms with van der Waals surface area (Å²) in [5.41, 5.74) is 2.77. The summed E-state index contributed by atoms with van der Waals surface area (Å²) in [5, 5.41) is 13.4. The van der Waals surface area contributed by atoms with E-state index in [1.807, 2.05) is 23.5 Å². The number of rotatable bonds is 7. The van der Waals surface area contributed by atoms with Crippen molar-refractivity contribution in [3.05, 3.63) is 70.1 Å². The number of hydrogen-bond acceptors (Lipinski definition) is 4. The maximum Gasteiger partial charge on any atom is 0.0937 e. The Bertz CT molecular complexity index is 1010. The smallest absolute Gasteiger partial charge is 0.0937 e. The van der Waals surface area contributed by atoms with Crippen molar-refractivity contribution in [2.45, 2.75) is 44.8 Å². The summed E-state index contributed by atoms with van der Waals surface area (Å²) in [6.45, 7) is 5.77. The van der Waals surface area contributed by atoms with Crippen molar-refractivity contribution in [1.82, 2.24) is 4.90 Å². The van der Waals surface area contributed by atoms with Crippen LogP contribution >= 0.6 is 11.3 Å². The fourth-order valence-corrected chi connectivity index (χ4v) is 6.38. The van der Waals surface area contributed by atoms with Crippen molar-refractivity contribution in [2.24, 2.45) is 5.92 Å². The highest BCUT2D eigenvalue weighted by Gasteiger charge is 2.41. The normalized spacial score (nSPS) is 19.6. The molecule has 3 atom stereocenters. The molecule has 3 aromatic rings. The molecule has 1 aliphatic heterocycles. The first kappa shape index (κ1) is 21.5. The van der Waals surface area contributed by atoms with Gasteiger partial charge in [-0.1, -0.05) is 49.4 Å². The number of fused-ring (bicyclic) bond motifs is 3. The molecule has 0 radical (unpaired) electrons. The third-order valence-electron chi connectivity index (χ3n) is 6.60. The van der Waals surface area contributed by atoms with Gasteiger partial charge in [-0.15, -0.1) is 11.3 Å². The molecule has 1 aromatic heterocycles. The van der Waals surface area contributed by atoms with Crippen LogP contribution in [0.1, 0.15) is 47.4 Å². The topological polar surface area (TPSA) is 32.7 Å². The van der Waals surface area contributed by atoms with E-state index in [1.54, 1.807) is 0 Å². The molecule has 30 heavy (non-hydrogen) atoms. The molecule has 1 aliphatic rings. The maximum absolute atomic E-state index is 12.0. The van der Waals surface area contributed by atoms with E-state index in [4.69, 9.17) is 4.74 Å². The molecule has 0 aliphatic carbocycles. The molecule has 0 fully saturated rings. The van der Waals surface area contributed by atoms with E-state index in [-0.39, 0.29) is 12.0 Å². The lowest BCUT2D eigenvalue weighted by Crippen LogP contribution is -2.42. The maximum atomic E-state index is 12.0. The first-order chi connectivity index (χ1) is 14.4. The third kappa shape index (κ3) is 3.94. The van der Waals surface area contributed by atoms with Gasteiger partial charge in [-0.05, 0) is 68.4 Å². The Kier molecular flexibility index (Phi) is 6.31. The van der Waals surface area contributed by atoms with Crippen LogP contribution in [0.15, 0.2) is 48.5 Å². The number of nitrogens with zero attached hydrogens (tertiary/aromatic N) is 1. The second-order valence-electron chi connectivity index (χ2n) is 8.84. The lowest BCUT2D eigenvalue weighted by molar-refractivity contribution is -0.0677. The predicted molar refractivity (Wildman–Crippen MR) is 126 cm³/mol. The van der Waals surface area contributed by atoms with Gasteiger partial charge in [0.25, 0.3) is 0 Å². The number of ether oxygens (including phenoxy) is 1. The number of benzene rings is 2. The van der Waals surface area contributed by atoms with Gasteiger partial charge in [0.2, 0.25) is 0 Å². The van der Waals surface area contributed by atoms with Gasteiger partial charge in [-0.3, -0.25) is 0 Å². The Morgan fingerprint density at radius 2 is 1.90 bits per heavy atom. The van der Waals surface area contributed by atoms with E-state index in [9.17, 15) is 5.11 Å². The molecule has 160 valence electrons. The molecular formula is C26H33NO2S. The summed E-state index contributed by atoms with van der Waals surface area (Å²) in [6.07, 6.45) is 2.52. The van der Waals surface area contributed by atoms with Gasteiger partial charge in [0.15, 0.2) is 0 Å². The average molecular weight is 424 g/mol. The Hall–Kier alpha value is -1.72. The van der Waals surface area contributed by atoms with Crippen LogP contribution in [-0.4, -0.2) is 37.3 Å². The molecule has 2 aromatic carbocycles. The molecule has 0 bridgehead atoms. The zero-order chi connectivity index (χ0) is 21.3. The molecule has 3 nitrogen and oxygen atoms in total. The fraction of sp³-hybridized carbons (Fsp3) is 0.462. The molecule has 0 saturated carbocycles. The summed E-state index contributed by atoms with van der Waals surface area (Å²) >= 11 is 1.87. The van der Waals surface area contributed by atoms with E-state index in [2.05, 4.69) is 69.2 Å². The first-order valence-corrected chi connectivity index (χ1v) is 11.8. The summed E-state index contributed by atoms with van der Waals surface area (Å²) in [6, 6.07) is 17.0. The van der Waals surface area contributed by atoms with Crippen LogP contribution in [-0.2, 0) is 16.8 Å². The number of aryl methyl sites for hydroxylation is 1. The molecule has 4 heteroatoms. The zero-order valence-corrected chi connectivity index (χ0v) is 19.3. The van der Waals surface area contributed by atoms with Gasteiger partial charge < -0.3 is 14.7 Å². The second kappa shape index (κ2) is 8.80. The van der Waals surface area contributed by atoms with Crippen LogP contribution in [0.5, 0.6) is 0 Å². The number of thiophene rings is 1. The minimum atomic E-state index is -0.882. The first-order valence-electron chi connectivity index (χ1n) is 11.0. The Morgan fingerprint density at radius 3 is 2.63 bits per heavy atom. The fourth-order valence-electron chi connectivity index (χ4n) is 5.07. The minimum Gasteiger partial charge on any atom is -0.385 e. The van der Waals surface area contributed by atoms with Crippen molar-refractivity contribution < 1.29 is 9.84 Å². The van der Waals surface area contributed by atoms with Crippen LogP contribution in [0.4, 0.5) is 0 Å².